The number of esters is 1. The lowest BCUT2D eigenvalue weighted by atomic mass is 9.85. The monoisotopic (exact) mass is 808 g/mol. The summed E-state index contributed by atoms with van der Waals surface area (Å²) in [5, 5.41) is 8.80. The Bertz CT molecular complexity index is 2150. The molecule has 5 N–H and O–H groups in total. The Morgan fingerprint density at radius 1 is 1.11 bits per heavy atom. The molecular formula is C38H48N8O10S. The van der Waals surface area contributed by atoms with Crippen molar-refractivity contribution in [1.29, 1.82) is 0 Å². The fourth-order valence-corrected chi connectivity index (χ4v) is 8.36. The van der Waals surface area contributed by atoms with Crippen LogP contribution in [-0.4, -0.2) is 114 Å². The number of hydrogen-bond donors (Lipinski definition) is 5. The molecule has 1 aliphatic heterocycles. The van der Waals surface area contributed by atoms with Crippen LogP contribution in [0.5, 0.6) is 11.6 Å². The molecule has 3 heterocycles. The van der Waals surface area contributed by atoms with Gasteiger partial charge in [0.1, 0.15) is 35.5 Å². The van der Waals surface area contributed by atoms with E-state index >= 15 is 0 Å². The molecule has 1 aromatic carbocycles. The highest BCUT2D eigenvalue weighted by atomic mass is 32.2. The SMILES string of the molecule is C=C[C@@H]1C[C@]1(NC(=O)[C@@H]1C[C@@H](Oc2nccc3cc(OC)ccc23)CN1C(=O)[C@@H](NC(=O)N[C@@H](Cc1c[nH]cn1)C(=O)OC)C(C)(C)C)C(=O)NS(=O)(=O)C1CC1. The second-order valence-corrected chi connectivity index (χ2v) is 17.6. The number of H-pyrrole nitrogens is 1. The third kappa shape index (κ3) is 8.97. The highest BCUT2D eigenvalue weighted by Gasteiger charge is 2.62. The van der Waals surface area contributed by atoms with Crippen molar-refractivity contribution in [1.82, 2.24) is 40.5 Å². The van der Waals surface area contributed by atoms with E-state index in [1.54, 1.807) is 58.5 Å². The largest absolute Gasteiger partial charge is 0.497 e. The number of rotatable bonds is 15. The van der Waals surface area contributed by atoms with Crippen LogP contribution in [0, 0.1) is 11.3 Å². The third-order valence-corrected chi connectivity index (χ3v) is 12.3. The maximum atomic E-state index is 14.7. The minimum atomic E-state index is -3.94. The van der Waals surface area contributed by atoms with Gasteiger partial charge < -0.3 is 40.0 Å². The Morgan fingerprint density at radius 3 is 2.47 bits per heavy atom. The number of pyridine rings is 1. The number of methoxy groups -OCH3 is 2. The number of urea groups is 1. The van der Waals surface area contributed by atoms with Crippen molar-refractivity contribution in [3.8, 4) is 11.6 Å². The molecule has 0 radical (unpaired) electrons. The van der Waals surface area contributed by atoms with Crippen molar-refractivity contribution in [2.24, 2.45) is 11.3 Å². The van der Waals surface area contributed by atoms with Gasteiger partial charge in [0.2, 0.25) is 27.7 Å². The number of nitrogens with one attached hydrogen (secondary N) is 5. The lowest BCUT2D eigenvalue weighted by Gasteiger charge is -2.35. The standard InChI is InChI=1S/C38H48N8O10S/c1-7-22-17-38(22,35(50)45-57(52,53)26-9-10-26)44-31(47)29-16-25(56-32-27-11-8-24(54-5)14-21(27)12-13-40-32)19-46(29)33(48)30(37(2,3)4)43-36(51)42-28(34(49)55-6)15-23-18-39-20-41-23/h7-8,11-14,18,20,22,25-26,28-30H,1,9-10,15-17,19H2,2-6H3,(H,39,41)(H,44,47)(H,45,50)(H2,42,43,51)/t22-,25-,28+,29+,30-,38-/m1/s1. The number of nitrogens with zero attached hydrogens (tertiary/aromatic N) is 3. The molecule has 5 amide bonds. The van der Waals surface area contributed by atoms with Crippen molar-refractivity contribution in [3.63, 3.8) is 0 Å². The predicted octanol–water partition coefficient (Wildman–Crippen LogP) is 1.48. The third-order valence-electron chi connectivity index (χ3n) is 10.5. The van der Waals surface area contributed by atoms with Gasteiger partial charge in [0.05, 0.1) is 38.0 Å². The van der Waals surface area contributed by atoms with E-state index < -0.39 is 86.1 Å². The molecule has 0 bridgehead atoms. The van der Waals surface area contributed by atoms with Crippen LogP contribution in [0.25, 0.3) is 10.8 Å². The molecule has 0 spiro atoms. The number of hydrogen-bond acceptors (Lipinski definition) is 12. The van der Waals surface area contributed by atoms with Gasteiger partial charge in [-0.15, -0.1) is 6.58 Å². The van der Waals surface area contributed by atoms with Gasteiger partial charge in [-0.3, -0.25) is 19.1 Å². The number of aromatic amines is 1. The maximum absolute atomic E-state index is 14.7. The van der Waals surface area contributed by atoms with Crippen molar-refractivity contribution in [2.75, 3.05) is 20.8 Å². The summed E-state index contributed by atoms with van der Waals surface area (Å²) >= 11 is 0. The first-order chi connectivity index (χ1) is 27.0. The van der Waals surface area contributed by atoms with Crippen LogP contribution in [0.2, 0.25) is 0 Å². The molecule has 57 heavy (non-hydrogen) atoms. The highest BCUT2D eigenvalue weighted by molar-refractivity contribution is 7.91. The van der Waals surface area contributed by atoms with Gasteiger partial charge in [-0.2, -0.15) is 0 Å². The van der Waals surface area contributed by atoms with Crippen LogP contribution in [0.1, 0.15) is 52.1 Å². The fourth-order valence-electron chi connectivity index (χ4n) is 6.99. The molecule has 3 aromatic rings. The van der Waals surface area contributed by atoms with Gasteiger partial charge in [0.15, 0.2) is 0 Å². The number of carbonyl (C=O) groups is 5. The first-order valence-electron chi connectivity index (χ1n) is 18.5. The summed E-state index contributed by atoms with van der Waals surface area (Å²) in [5.41, 5.74) is -2.06. The molecular weight excluding hydrogens is 761 g/mol. The van der Waals surface area contributed by atoms with Gasteiger partial charge in [0.25, 0.3) is 5.91 Å². The molecule has 0 unspecified atom stereocenters. The number of fused-ring (bicyclic) bond motifs is 1. The van der Waals surface area contributed by atoms with Crippen molar-refractivity contribution >= 4 is 50.5 Å². The summed E-state index contributed by atoms with van der Waals surface area (Å²) in [4.78, 5) is 81.3. The van der Waals surface area contributed by atoms with Crippen molar-refractivity contribution < 1.29 is 46.6 Å². The molecule has 2 saturated carbocycles. The van der Waals surface area contributed by atoms with Gasteiger partial charge in [-0.25, -0.2) is 28.0 Å². The van der Waals surface area contributed by atoms with E-state index in [1.807, 2.05) is 6.07 Å². The zero-order valence-corrected chi connectivity index (χ0v) is 33.2. The lowest BCUT2D eigenvalue weighted by Crippen LogP contribution is -2.61. The average molecular weight is 809 g/mol. The Balaban J connectivity index is 1.27. The normalized spacial score (nSPS) is 22.8. The van der Waals surface area contributed by atoms with Gasteiger partial charge >= 0.3 is 12.0 Å². The molecule has 18 nitrogen and oxygen atoms in total. The maximum Gasteiger partial charge on any atom is 0.328 e. The molecule has 6 rings (SSSR count). The number of carbonyl (C=O) groups excluding carboxylic acids is 5. The molecule has 306 valence electrons. The zero-order chi connectivity index (χ0) is 41.3. The fraction of sp³-hybridized carbons (Fsp3) is 0.500. The zero-order valence-electron chi connectivity index (χ0n) is 32.4. The predicted molar refractivity (Wildman–Crippen MR) is 205 cm³/mol. The quantitative estimate of drug-likeness (QED) is 0.108. The Labute approximate surface area is 329 Å². The number of benzene rings is 1. The van der Waals surface area contributed by atoms with Crippen molar-refractivity contribution in [2.45, 2.75) is 87.9 Å². The van der Waals surface area contributed by atoms with Crippen LogP contribution < -0.4 is 30.1 Å². The van der Waals surface area contributed by atoms with Crippen LogP contribution >= 0.6 is 0 Å². The molecule has 3 aliphatic rings. The number of ether oxygens (including phenoxy) is 3. The smallest absolute Gasteiger partial charge is 0.328 e. The summed E-state index contributed by atoms with van der Waals surface area (Å²) in [6, 6.07) is 2.66. The summed E-state index contributed by atoms with van der Waals surface area (Å²) in [5.74, 6) is -2.68. The number of aromatic nitrogens is 3. The first-order valence-corrected chi connectivity index (χ1v) is 20.1. The highest BCUT2D eigenvalue weighted by Crippen LogP contribution is 2.45. The van der Waals surface area contributed by atoms with E-state index in [0.29, 0.717) is 29.7 Å². The van der Waals surface area contributed by atoms with E-state index in [1.165, 1.54) is 24.4 Å². The number of sulfonamides is 1. The molecule has 2 aliphatic carbocycles. The van der Waals surface area contributed by atoms with E-state index in [2.05, 4.69) is 42.2 Å². The van der Waals surface area contributed by atoms with Crippen LogP contribution in [-0.2, 0) is 40.4 Å². The molecule has 19 heteroatoms. The minimum absolute atomic E-state index is 0.00306. The van der Waals surface area contributed by atoms with E-state index in [0.717, 1.165) is 5.39 Å². The number of imidazole rings is 1. The Kier molecular flexibility index (Phi) is 11.5. The summed E-state index contributed by atoms with van der Waals surface area (Å²) in [7, 11) is -1.21. The second-order valence-electron chi connectivity index (χ2n) is 15.6. The molecule has 1 saturated heterocycles. The van der Waals surface area contributed by atoms with Gasteiger partial charge in [-0.1, -0.05) is 26.8 Å². The van der Waals surface area contributed by atoms with E-state index in [-0.39, 0.29) is 31.7 Å². The number of likely N-dealkylation sites (tertiary alicyclic amines) is 1. The van der Waals surface area contributed by atoms with Crippen LogP contribution in [0.15, 0.2) is 55.6 Å². The summed E-state index contributed by atoms with van der Waals surface area (Å²) < 4.78 is 44.2. The van der Waals surface area contributed by atoms with Gasteiger partial charge in [-0.05, 0) is 54.3 Å². The second kappa shape index (κ2) is 16.0. The average Bonchev–Trinajstić information content (AvgIpc) is 4.05. The molecule has 2 aromatic heterocycles. The minimum Gasteiger partial charge on any atom is -0.497 e. The Hall–Kier alpha value is -5.72. The van der Waals surface area contributed by atoms with Crippen molar-refractivity contribution in [3.05, 3.63) is 61.3 Å². The Morgan fingerprint density at radius 2 is 1.86 bits per heavy atom. The van der Waals surface area contributed by atoms with E-state index in [9.17, 15) is 32.4 Å². The molecule has 3 fully saturated rings. The van der Waals surface area contributed by atoms with Crippen LogP contribution in [0.4, 0.5) is 4.79 Å². The van der Waals surface area contributed by atoms with Crippen LogP contribution in [0.3, 0.4) is 0 Å². The number of amides is 5. The summed E-state index contributed by atoms with van der Waals surface area (Å²) in [6.45, 7) is 8.82. The lowest BCUT2D eigenvalue weighted by molar-refractivity contribution is -0.143. The van der Waals surface area contributed by atoms with Gasteiger partial charge in [0, 0.05) is 36.5 Å². The summed E-state index contributed by atoms with van der Waals surface area (Å²) in [6.07, 6.45) is 6.17. The molecule has 6 atom stereocenters. The first kappa shape index (κ1) is 40.9. The topological polar surface area (TPSA) is 240 Å². The van der Waals surface area contributed by atoms with E-state index in [4.69, 9.17) is 14.2 Å².